The monoisotopic (exact) mass is 339 g/mol. The summed E-state index contributed by atoms with van der Waals surface area (Å²) in [6.07, 6.45) is 0.275. The summed E-state index contributed by atoms with van der Waals surface area (Å²) in [7, 11) is 0. The zero-order valence-corrected chi connectivity index (χ0v) is 13.2. The molecule has 1 aromatic carbocycles. The molecular formula is C13H17Cl3FN3. The van der Waals surface area contributed by atoms with E-state index in [9.17, 15) is 4.39 Å². The molecule has 0 saturated carbocycles. The van der Waals surface area contributed by atoms with Crippen molar-refractivity contribution in [2.24, 2.45) is 0 Å². The molecule has 0 amide bonds. The highest BCUT2D eigenvalue weighted by atomic mass is 35.5. The lowest BCUT2D eigenvalue weighted by Crippen LogP contribution is -2.45. The summed E-state index contributed by atoms with van der Waals surface area (Å²) in [5.74, 6) is -0.293. The number of piperazine rings is 1. The highest BCUT2D eigenvalue weighted by Gasteiger charge is 2.24. The predicted octanol–water partition coefficient (Wildman–Crippen LogP) is 3.18. The molecular weight excluding hydrogens is 324 g/mol. The maximum atomic E-state index is 13.9. The van der Waals surface area contributed by atoms with Gasteiger partial charge in [-0.3, -0.25) is 4.90 Å². The Morgan fingerprint density at radius 2 is 2.00 bits per heavy atom. The molecule has 3 nitrogen and oxygen atoms in total. The van der Waals surface area contributed by atoms with Crippen molar-refractivity contribution in [3.8, 4) is 6.07 Å². The van der Waals surface area contributed by atoms with E-state index in [0.717, 1.165) is 26.2 Å². The van der Waals surface area contributed by atoms with E-state index in [2.05, 4.69) is 16.3 Å². The third-order valence-corrected chi connectivity index (χ3v) is 3.43. The fourth-order valence-electron chi connectivity index (χ4n) is 2.29. The molecule has 1 N–H and O–H groups in total. The van der Waals surface area contributed by atoms with E-state index in [-0.39, 0.29) is 43.1 Å². The van der Waals surface area contributed by atoms with Gasteiger partial charge in [0.1, 0.15) is 5.82 Å². The first-order chi connectivity index (χ1) is 8.72. The molecule has 0 spiro atoms. The summed E-state index contributed by atoms with van der Waals surface area (Å²) in [5, 5.41) is 12.7. The van der Waals surface area contributed by atoms with Crippen molar-refractivity contribution >= 4 is 36.4 Å². The van der Waals surface area contributed by atoms with Crippen LogP contribution in [-0.2, 0) is 0 Å². The van der Waals surface area contributed by atoms with Gasteiger partial charge in [0.05, 0.1) is 18.5 Å². The van der Waals surface area contributed by atoms with Crippen molar-refractivity contribution in [3.05, 3.63) is 34.6 Å². The minimum absolute atomic E-state index is 0. The number of nitriles is 1. The van der Waals surface area contributed by atoms with Crippen LogP contribution in [0.3, 0.4) is 0 Å². The molecule has 1 atom stereocenters. The van der Waals surface area contributed by atoms with Gasteiger partial charge in [0.2, 0.25) is 0 Å². The molecule has 112 valence electrons. The Labute approximate surface area is 135 Å². The fourth-order valence-corrected chi connectivity index (χ4v) is 2.47. The highest BCUT2D eigenvalue weighted by Crippen LogP contribution is 2.28. The topological polar surface area (TPSA) is 39.1 Å². The second-order valence-electron chi connectivity index (χ2n) is 4.33. The number of rotatable bonds is 3. The largest absolute Gasteiger partial charge is 0.314 e. The molecule has 1 aliphatic heterocycles. The van der Waals surface area contributed by atoms with E-state index in [1.807, 2.05) is 0 Å². The quantitative estimate of drug-likeness (QED) is 0.918. The van der Waals surface area contributed by atoms with Gasteiger partial charge in [0, 0.05) is 36.8 Å². The van der Waals surface area contributed by atoms with Crippen LogP contribution in [0.5, 0.6) is 0 Å². The van der Waals surface area contributed by atoms with Crippen molar-refractivity contribution in [3.63, 3.8) is 0 Å². The molecule has 0 unspecified atom stereocenters. The van der Waals surface area contributed by atoms with E-state index in [0.29, 0.717) is 10.6 Å². The van der Waals surface area contributed by atoms with Crippen LogP contribution >= 0.6 is 36.4 Å². The first-order valence-corrected chi connectivity index (χ1v) is 6.37. The van der Waals surface area contributed by atoms with Gasteiger partial charge in [0.25, 0.3) is 0 Å². The minimum Gasteiger partial charge on any atom is -0.314 e. The summed E-state index contributed by atoms with van der Waals surface area (Å²) in [5.41, 5.74) is 0.519. The van der Waals surface area contributed by atoms with Gasteiger partial charge in [-0.1, -0.05) is 11.6 Å². The summed E-state index contributed by atoms with van der Waals surface area (Å²) in [6.45, 7) is 3.37. The molecule has 1 aromatic rings. The van der Waals surface area contributed by atoms with Crippen molar-refractivity contribution in [2.45, 2.75) is 12.5 Å². The number of benzene rings is 1. The lowest BCUT2D eigenvalue weighted by Gasteiger charge is -2.34. The van der Waals surface area contributed by atoms with Crippen molar-refractivity contribution < 1.29 is 4.39 Å². The molecule has 1 aliphatic rings. The third-order valence-electron chi connectivity index (χ3n) is 3.19. The summed E-state index contributed by atoms with van der Waals surface area (Å²) in [6, 6.07) is 6.45. The zero-order valence-electron chi connectivity index (χ0n) is 10.8. The molecule has 0 aromatic heterocycles. The van der Waals surface area contributed by atoms with E-state index in [4.69, 9.17) is 16.9 Å². The Bertz CT molecular complexity index is 459. The number of nitrogens with zero attached hydrogens (tertiary/aromatic N) is 2. The Balaban J connectivity index is 0.00000180. The lowest BCUT2D eigenvalue weighted by atomic mass is 10.0. The van der Waals surface area contributed by atoms with Gasteiger partial charge in [-0.15, -0.1) is 24.8 Å². The molecule has 1 heterocycles. The standard InChI is InChI=1S/C13H15ClFN3.2ClH/c14-10-1-2-12(15)11(9-10)13(3-4-16)18-7-5-17-6-8-18;;/h1-2,9,13,17H,3,5-8H2;2*1H/t13-;;/m1../s1. The van der Waals surface area contributed by atoms with Gasteiger partial charge >= 0.3 is 0 Å². The van der Waals surface area contributed by atoms with Crippen LogP contribution in [0.4, 0.5) is 4.39 Å². The van der Waals surface area contributed by atoms with E-state index >= 15 is 0 Å². The third kappa shape index (κ3) is 4.76. The van der Waals surface area contributed by atoms with E-state index < -0.39 is 0 Å². The average Bonchev–Trinajstić information content (AvgIpc) is 2.40. The molecule has 2 rings (SSSR count). The number of hydrogen-bond donors (Lipinski definition) is 1. The molecule has 0 aliphatic carbocycles. The predicted molar refractivity (Wildman–Crippen MR) is 83.3 cm³/mol. The van der Waals surface area contributed by atoms with E-state index in [1.165, 1.54) is 12.1 Å². The smallest absolute Gasteiger partial charge is 0.128 e. The molecule has 1 fully saturated rings. The maximum absolute atomic E-state index is 13.9. The number of nitrogens with one attached hydrogen (secondary N) is 1. The van der Waals surface area contributed by atoms with Crippen LogP contribution in [0.25, 0.3) is 0 Å². The molecule has 1 saturated heterocycles. The number of halogens is 4. The molecule has 0 bridgehead atoms. The summed E-state index contributed by atoms with van der Waals surface area (Å²) < 4.78 is 13.9. The molecule has 0 radical (unpaired) electrons. The lowest BCUT2D eigenvalue weighted by molar-refractivity contribution is 0.172. The van der Waals surface area contributed by atoms with Gasteiger partial charge in [0.15, 0.2) is 0 Å². The van der Waals surface area contributed by atoms with Crippen molar-refractivity contribution in [1.29, 1.82) is 5.26 Å². The van der Waals surface area contributed by atoms with Crippen LogP contribution < -0.4 is 5.32 Å². The first kappa shape index (κ1) is 19.4. The SMILES string of the molecule is Cl.Cl.N#CC[C@H](c1cc(Cl)ccc1F)N1CCNCC1. The maximum Gasteiger partial charge on any atom is 0.128 e. The van der Waals surface area contributed by atoms with Gasteiger partial charge < -0.3 is 5.32 Å². The van der Waals surface area contributed by atoms with Gasteiger partial charge in [-0.25, -0.2) is 4.39 Å². The van der Waals surface area contributed by atoms with E-state index in [1.54, 1.807) is 6.07 Å². The minimum atomic E-state index is -0.293. The van der Waals surface area contributed by atoms with Gasteiger partial charge in [-0.2, -0.15) is 5.26 Å². The normalized spacial score (nSPS) is 16.4. The van der Waals surface area contributed by atoms with Crippen LogP contribution in [0.1, 0.15) is 18.0 Å². The van der Waals surface area contributed by atoms with Crippen molar-refractivity contribution in [2.75, 3.05) is 26.2 Å². The Morgan fingerprint density at radius 3 is 2.60 bits per heavy atom. The first-order valence-electron chi connectivity index (χ1n) is 5.99. The summed E-state index contributed by atoms with van der Waals surface area (Å²) in [4.78, 5) is 2.13. The summed E-state index contributed by atoms with van der Waals surface area (Å²) >= 11 is 5.92. The van der Waals surface area contributed by atoms with Crippen LogP contribution in [0.2, 0.25) is 5.02 Å². The number of hydrogen-bond acceptors (Lipinski definition) is 3. The molecule has 20 heavy (non-hydrogen) atoms. The van der Waals surface area contributed by atoms with Crippen molar-refractivity contribution in [1.82, 2.24) is 10.2 Å². The Kier molecular flexibility index (Phi) is 9.11. The second kappa shape index (κ2) is 9.38. The van der Waals surface area contributed by atoms with Gasteiger partial charge in [-0.05, 0) is 18.2 Å². The Hall–Kier alpha value is -0.570. The Morgan fingerprint density at radius 1 is 1.35 bits per heavy atom. The zero-order chi connectivity index (χ0) is 13.0. The van der Waals surface area contributed by atoms with Crippen LogP contribution in [0.15, 0.2) is 18.2 Å². The fraction of sp³-hybridized carbons (Fsp3) is 0.462. The highest BCUT2D eigenvalue weighted by molar-refractivity contribution is 6.30. The van der Waals surface area contributed by atoms with Crippen LogP contribution in [0, 0.1) is 17.1 Å². The second-order valence-corrected chi connectivity index (χ2v) is 4.77. The molecule has 7 heteroatoms. The average molecular weight is 341 g/mol. The van der Waals surface area contributed by atoms with Crippen LogP contribution in [-0.4, -0.2) is 31.1 Å².